The average molecular weight is 295 g/mol. The van der Waals surface area contributed by atoms with Crippen molar-refractivity contribution >= 4 is 26.9 Å². The van der Waals surface area contributed by atoms with E-state index in [1.165, 1.54) is 11.1 Å². The number of hydrogen-bond acceptors (Lipinski definition) is 4. The van der Waals surface area contributed by atoms with Gasteiger partial charge in [0.15, 0.2) is 9.84 Å². The summed E-state index contributed by atoms with van der Waals surface area (Å²) in [5.74, 6) is 0.114. The van der Waals surface area contributed by atoms with Crippen molar-refractivity contribution in [1.29, 1.82) is 0 Å². The van der Waals surface area contributed by atoms with E-state index in [1.54, 1.807) is 30.4 Å². The molecule has 0 unspecified atom stereocenters. The van der Waals surface area contributed by atoms with Crippen LogP contribution >= 0.6 is 11.3 Å². The van der Waals surface area contributed by atoms with Crippen LogP contribution in [0.3, 0.4) is 0 Å². The molecule has 3 nitrogen and oxygen atoms in total. The molecule has 0 aliphatic rings. The molecule has 0 fully saturated rings. The maximum absolute atomic E-state index is 12.0. The number of sulfone groups is 1. The minimum atomic E-state index is -3.19. The molecule has 1 aromatic heterocycles. The molecule has 0 amide bonds. The van der Waals surface area contributed by atoms with Crippen LogP contribution in [0.4, 0.5) is 5.69 Å². The van der Waals surface area contributed by atoms with Crippen molar-refractivity contribution in [2.75, 3.05) is 11.1 Å². The third-order valence-electron chi connectivity index (χ3n) is 3.03. The highest BCUT2D eigenvalue weighted by Gasteiger charge is 2.15. The Morgan fingerprint density at radius 2 is 1.95 bits per heavy atom. The highest BCUT2D eigenvalue weighted by atomic mass is 32.2. The molecule has 5 heteroatoms. The molecule has 0 aliphatic carbocycles. The van der Waals surface area contributed by atoms with E-state index in [1.807, 2.05) is 12.1 Å². The van der Waals surface area contributed by atoms with Crippen molar-refractivity contribution in [2.45, 2.75) is 25.3 Å². The highest BCUT2D eigenvalue weighted by Crippen LogP contribution is 2.23. The first-order valence-electron chi connectivity index (χ1n) is 6.12. The molecule has 0 aliphatic heterocycles. The molecule has 0 spiro atoms. The molecule has 0 bridgehead atoms. The van der Waals surface area contributed by atoms with E-state index < -0.39 is 9.84 Å². The van der Waals surface area contributed by atoms with Crippen LogP contribution in [0.2, 0.25) is 0 Å². The van der Waals surface area contributed by atoms with Gasteiger partial charge in [-0.1, -0.05) is 19.1 Å². The molecule has 19 heavy (non-hydrogen) atoms. The van der Waals surface area contributed by atoms with Crippen LogP contribution in [0, 0.1) is 6.92 Å². The number of anilines is 1. The Labute approximate surface area is 118 Å². The maximum Gasteiger partial charge on any atom is 0.180 e. The molecule has 0 saturated heterocycles. The lowest BCUT2D eigenvalue weighted by Gasteiger charge is -2.11. The fourth-order valence-corrected chi connectivity index (χ4v) is 3.73. The summed E-state index contributed by atoms with van der Waals surface area (Å²) >= 11 is 1.66. The van der Waals surface area contributed by atoms with E-state index >= 15 is 0 Å². The largest absolute Gasteiger partial charge is 0.380 e. The summed E-state index contributed by atoms with van der Waals surface area (Å²) in [6, 6.07) is 7.06. The number of para-hydroxylation sites is 1. The van der Waals surface area contributed by atoms with Gasteiger partial charge in [0.1, 0.15) is 0 Å². The first-order chi connectivity index (χ1) is 9.04. The van der Waals surface area contributed by atoms with Crippen molar-refractivity contribution in [3.8, 4) is 0 Å². The van der Waals surface area contributed by atoms with Crippen LogP contribution in [0.15, 0.2) is 39.9 Å². The molecular formula is C14H17NO2S2. The Morgan fingerprint density at radius 1 is 1.21 bits per heavy atom. The SMILES string of the molecule is CCS(=O)(=O)c1ccccc1NCc1cscc1C. The van der Waals surface area contributed by atoms with E-state index in [2.05, 4.69) is 23.0 Å². The van der Waals surface area contributed by atoms with Gasteiger partial charge in [0.05, 0.1) is 16.3 Å². The molecule has 2 aromatic rings. The van der Waals surface area contributed by atoms with E-state index in [4.69, 9.17) is 0 Å². The summed E-state index contributed by atoms with van der Waals surface area (Å²) in [6.07, 6.45) is 0. The quantitative estimate of drug-likeness (QED) is 0.919. The van der Waals surface area contributed by atoms with Gasteiger partial charge in [0.25, 0.3) is 0 Å². The molecule has 0 atom stereocenters. The van der Waals surface area contributed by atoms with Gasteiger partial charge >= 0.3 is 0 Å². The number of benzene rings is 1. The molecule has 2 rings (SSSR count). The predicted molar refractivity (Wildman–Crippen MR) is 80.6 cm³/mol. The topological polar surface area (TPSA) is 46.2 Å². The second-order valence-electron chi connectivity index (χ2n) is 4.33. The van der Waals surface area contributed by atoms with Gasteiger partial charge in [-0.05, 0) is 40.9 Å². The van der Waals surface area contributed by atoms with Gasteiger partial charge in [0.2, 0.25) is 0 Å². The minimum absolute atomic E-state index is 0.114. The molecule has 1 N–H and O–H groups in total. The zero-order valence-electron chi connectivity index (χ0n) is 11.0. The van der Waals surface area contributed by atoms with Crippen LogP contribution < -0.4 is 5.32 Å². The van der Waals surface area contributed by atoms with E-state index in [9.17, 15) is 8.42 Å². The van der Waals surface area contributed by atoms with Gasteiger partial charge in [-0.15, -0.1) is 0 Å². The van der Waals surface area contributed by atoms with Gasteiger partial charge in [-0.2, -0.15) is 11.3 Å². The first kappa shape index (κ1) is 14.1. The summed E-state index contributed by atoms with van der Waals surface area (Å²) in [6.45, 7) is 4.36. The summed E-state index contributed by atoms with van der Waals surface area (Å²) in [5, 5.41) is 7.40. The Bertz CT molecular complexity index is 660. The second-order valence-corrected chi connectivity index (χ2v) is 7.32. The molecule has 1 aromatic carbocycles. The van der Waals surface area contributed by atoms with Gasteiger partial charge < -0.3 is 5.32 Å². The first-order valence-corrected chi connectivity index (χ1v) is 8.71. The molecule has 102 valence electrons. The van der Waals surface area contributed by atoms with Crippen molar-refractivity contribution in [1.82, 2.24) is 0 Å². The Kier molecular flexibility index (Phi) is 4.27. The van der Waals surface area contributed by atoms with Crippen molar-refractivity contribution in [2.24, 2.45) is 0 Å². The standard InChI is InChI=1S/C14H17NO2S2/c1-3-19(16,17)14-7-5-4-6-13(14)15-8-12-10-18-9-11(12)2/h4-7,9-10,15H,3,8H2,1-2H3. The predicted octanol–water partition coefficient (Wildman–Crippen LogP) is 3.46. The Balaban J connectivity index is 2.24. The number of nitrogens with one attached hydrogen (secondary N) is 1. The van der Waals surface area contributed by atoms with Crippen LogP contribution in [0.25, 0.3) is 0 Å². The zero-order chi connectivity index (χ0) is 13.9. The number of thiophene rings is 1. The van der Waals surface area contributed by atoms with Gasteiger partial charge in [0, 0.05) is 6.54 Å². The molecular weight excluding hydrogens is 278 g/mol. The zero-order valence-corrected chi connectivity index (χ0v) is 12.6. The second kappa shape index (κ2) is 5.75. The molecule has 0 saturated carbocycles. The lowest BCUT2D eigenvalue weighted by Crippen LogP contribution is -2.09. The van der Waals surface area contributed by atoms with Gasteiger partial charge in [-0.3, -0.25) is 0 Å². The highest BCUT2D eigenvalue weighted by molar-refractivity contribution is 7.91. The lowest BCUT2D eigenvalue weighted by atomic mass is 10.2. The van der Waals surface area contributed by atoms with Crippen molar-refractivity contribution in [3.63, 3.8) is 0 Å². The number of rotatable bonds is 5. The van der Waals surface area contributed by atoms with Crippen LogP contribution in [0.1, 0.15) is 18.1 Å². The Morgan fingerprint density at radius 3 is 2.58 bits per heavy atom. The van der Waals surface area contributed by atoms with Crippen LogP contribution in [-0.2, 0) is 16.4 Å². The third-order valence-corrected chi connectivity index (χ3v) is 5.73. The van der Waals surface area contributed by atoms with Crippen molar-refractivity contribution < 1.29 is 8.42 Å². The normalized spacial score (nSPS) is 11.5. The summed E-state index contributed by atoms with van der Waals surface area (Å²) in [4.78, 5) is 0.380. The summed E-state index contributed by atoms with van der Waals surface area (Å²) in [5.41, 5.74) is 3.11. The monoisotopic (exact) mass is 295 g/mol. The van der Waals surface area contributed by atoms with Gasteiger partial charge in [-0.25, -0.2) is 8.42 Å². The molecule has 1 heterocycles. The summed E-state index contributed by atoms with van der Waals surface area (Å²) < 4.78 is 24.0. The minimum Gasteiger partial charge on any atom is -0.380 e. The van der Waals surface area contributed by atoms with E-state index in [-0.39, 0.29) is 5.75 Å². The van der Waals surface area contributed by atoms with Crippen molar-refractivity contribution in [3.05, 3.63) is 46.2 Å². The summed E-state index contributed by atoms with van der Waals surface area (Å²) in [7, 11) is -3.19. The number of hydrogen-bond donors (Lipinski definition) is 1. The Hall–Kier alpha value is -1.33. The van der Waals surface area contributed by atoms with Crippen LogP contribution in [-0.4, -0.2) is 14.2 Å². The lowest BCUT2D eigenvalue weighted by molar-refractivity contribution is 0.597. The average Bonchev–Trinajstić information content (AvgIpc) is 2.82. The fourth-order valence-electron chi connectivity index (χ4n) is 1.80. The van der Waals surface area contributed by atoms with E-state index in [0.29, 0.717) is 17.1 Å². The fraction of sp³-hybridized carbons (Fsp3) is 0.286. The smallest absolute Gasteiger partial charge is 0.180 e. The van der Waals surface area contributed by atoms with E-state index in [0.717, 1.165) is 0 Å². The third kappa shape index (κ3) is 3.16. The number of aryl methyl sites for hydroxylation is 1. The van der Waals surface area contributed by atoms with Crippen LogP contribution in [0.5, 0.6) is 0 Å². The maximum atomic E-state index is 12.0. The molecule has 0 radical (unpaired) electrons.